The first-order chi connectivity index (χ1) is 11.2. The summed E-state index contributed by atoms with van der Waals surface area (Å²) in [6, 6.07) is 16.4. The number of carbonyl (C=O) groups excluding carboxylic acids is 1. The van der Waals surface area contributed by atoms with Crippen LogP contribution in [0.25, 0.3) is 5.69 Å². The highest BCUT2D eigenvalue weighted by molar-refractivity contribution is 5.96. The fraction of sp³-hybridized carbons (Fsp3) is 0.111. The Morgan fingerprint density at radius 2 is 1.87 bits per heavy atom. The van der Waals surface area contributed by atoms with Gasteiger partial charge in [0.05, 0.1) is 11.3 Å². The molecule has 0 aliphatic carbocycles. The second kappa shape index (κ2) is 6.79. The van der Waals surface area contributed by atoms with Crippen LogP contribution in [0.3, 0.4) is 0 Å². The van der Waals surface area contributed by atoms with Crippen molar-refractivity contribution in [2.75, 3.05) is 6.54 Å². The molecular weight excluding hydrogens is 290 g/mol. The van der Waals surface area contributed by atoms with E-state index in [9.17, 15) is 9.90 Å². The second-order valence-corrected chi connectivity index (χ2v) is 5.14. The quantitative estimate of drug-likeness (QED) is 0.761. The Bertz CT molecular complexity index is 780. The number of aromatic hydroxyl groups is 1. The number of rotatable bonds is 5. The van der Waals surface area contributed by atoms with E-state index >= 15 is 0 Å². The van der Waals surface area contributed by atoms with Gasteiger partial charge >= 0.3 is 0 Å². The Morgan fingerprint density at radius 3 is 2.57 bits per heavy atom. The Labute approximate surface area is 134 Å². The van der Waals surface area contributed by atoms with Crippen LogP contribution in [0.4, 0.5) is 0 Å². The molecule has 5 heteroatoms. The molecule has 0 fully saturated rings. The molecule has 3 rings (SSSR count). The summed E-state index contributed by atoms with van der Waals surface area (Å²) in [5.41, 5.74) is 2.41. The Morgan fingerprint density at radius 1 is 1.09 bits per heavy atom. The van der Waals surface area contributed by atoms with Crippen molar-refractivity contribution in [2.24, 2.45) is 0 Å². The van der Waals surface area contributed by atoms with Gasteiger partial charge in [-0.2, -0.15) is 5.10 Å². The van der Waals surface area contributed by atoms with E-state index in [1.165, 1.54) is 6.07 Å². The average molecular weight is 307 g/mol. The molecular formula is C18H17N3O2. The van der Waals surface area contributed by atoms with Gasteiger partial charge in [0, 0.05) is 18.9 Å². The first kappa shape index (κ1) is 14.8. The van der Waals surface area contributed by atoms with Gasteiger partial charge < -0.3 is 10.4 Å². The van der Waals surface area contributed by atoms with Crippen molar-refractivity contribution in [1.82, 2.24) is 15.1 Å². The van der Waals surface area contributed by atoms with Gasteiger partial charge in [-0.1, -0.05) is 24.3 Å². The normalized spacial score (nSPS) is 10.4. The van der Waals surface area contributed by atoms with Crippen molar-refractivity contribution in [1.29, 1.82) is 0 Å². The van der Waals surface area contributed by atoms with Crippen molar-refractivity contribution < 1.29 is 9.90 Å². The number of hydrogen-bond acceptors (Lipinski definition) is 3. The number of hydrogen-bond donors (Lipinski definition) is 2. The number of carbonyl (C=O) groups is 1. The second-order valence-electron chi connectivity index (χ2n) is 5.14. The summed E-state index contributed by atoms with van der Waals surface area (Å²) in [4.78, 5) is 12.0. The lowest BCUT2D eigenvalue weighted by atomic mass is 10.1. The first-order valence-electron chi connectivity index (χ1n) is 7.39. The van der Waals surface area contributed by atoms with Crippen LogP contribution < -0.4 is 5.32 Å². The summed E-state index contributed by atoms with van der Waals surface area (Å²) >= 11 is 0. The number of benzene rings is 2. The van der Waals surface area contributed by atoms with E-state index in [0.29, 0.717) is 12.1 Å². The van der Waals surface area contributed by atoms with Gasteiger partial charge in [-0.15, -0.1) is 0 Å². The van der Waals surface area contributed by atoms with Gasteiger partial charge in [0.25, 0.3) is 5.91 Å². The highest BCUT2D eigenvalue weighted by Gasteiger charge is 2.09. The van der Waals surface area contributed by atoms with Crippen molar-refractivity contribution in [3.63, 3.8) is 0 Å². The van der Waals surface area contributed by atoms with Crippen LogP contribution in [0, 0.1) is 0 Å². The van der Waals surface area contributed by atoms with Crippen LogP contribution in [0.1, 0.15) is 15.9 Å². The number of phenols is 1. The smallest absolute Gasteiger partial charge is 0.255 e. The van der Waals surface area contributed by atoms with E-state index in [1.54, 1.807) is 29.1 Å². The summed E-state index contributed by atoms with van der Waals surface area (Å²) < 4.78 is 1.80. The van der Waals surface area contributed by atoms with E-state index < -0.39 is 0 Å². The monoisotopic (exact) mass is 307 g/mol. The number of phenolic OH excluding ortho intramolecular Hbond substituents is 1. The molecule has 0 aliphatic rings. The molecule has 0 aliphatic heterocycles. The molecule has 0 unspecified atom stereocenters. The molecule has 0 radical (unpaired) electrons. The van der Waals surface area contributed by atoms with E-state index in [2.05, 4.69) is 10.4 Å². The molecule has 0 spiro atoms. The third-order valence-corrected chi connectivity index (χ3v) is 3.55. The van der Waals surface area contributed by atoms with Crippen LogP contribution in [0.2, 0.25) is 0 Å². The number of aromatic nitrogens is 2. The first-order valence-corrected chi connectivity index (χ1v) is 7.39. The maximum Gasteiger partial charge on any atom is 0.255 e. The minimum Gasteiger partial charge on any atom is -0.507 e. The zero-order valence-electron chi connectivity index (χ0n) is 12.5. The SMILES string of the molecule is O=C(NCCc1ccc(-n2cccn2)cc1)c1ccccc1O. The van der Waals surface area contributed by atoms with Gasteiger partial charge in [-0.25, -0.2) is 4.68 Å². The van der Waals surface area contributed by atoms with Crippen molar-refractivity contribution >= 4 is 5.91 Å². The highest BCUT2D eigenvalue weighted by Crippen LogP contribution is 2.15. The number of nitrogens with one attached hydrogen (secondary N) is 1. The Kier molecular flexibility index (Phi) is 4.38. The Hall–Kier alpha value is -3.08. The van der Waals surface area contributed by atoms with Crippen molar-refractivity contribution in [3.8, 4) is 11.4 Å². The third-order valence-electron chi connectivity index (χ3n) is 3.55. The fourth-order valence-corrected chi connectivity index (χ4v) is 2.32. The average Bonchev–Trinajstić information content (AvgIpc) is 3.10. The molecule has 0 bridgehead atoms. The highest BCUT2D eigenvalue weighted by atomic mass is 16.3. The number of amides is 1. The van der Waals surface area contributed by atoms with Gasteiger partial charge in [0.1, 0.15) is 5.75 Å². The van der Waals surface area contributed by atoms with Crippen LogP contribution >= 0.6 is 0 Å². The minimum absolute atomic E-state index is 0.00595. The lowest BCUT2D eigenvalue weighted by Gasteiger charge is -2.07. The third kappa shape index (κ3) is 3.58. The van der Waals surface area contributed by atoms with Crippen LogP contribution in [0.5, 0.6) is 5.75 Å². The molecule has 23 heavy (non-hydrogen) atoms. The summed E-state index contributed by atoms with van der Waals surface area (Å²) in [5.74, 6) is -0.273. The summed E-state index contributed by atoms with van der Waals surface area (Å²) in [6.45, 7) is 0.508. The zero-order chi connectivity index (χ0) is 16.1. The predicted molar refractivity (Wildman–Crippen MR) is 87.7 cm³/mol. The van der Waals surface area contributed by atoms with Gasteiger partial charge in [-0.3, -0.25) is 4.79 Å². The molecule has 0 saturated heterocycles. The van der Waals surface area contributed by atoms with E-state index in [1.807, 2.05) is 36.5 Å². The molecule has 2 aromatic carbocycles. The van der Waals surface area contributed by atoms with Crippen LogP contribution in [-0.2, 0) is 6.42 Å². The van der Waals surface area contributed by atoms with E-state index in [-0.39, 0.29) is 11.7 Å². The maximum absolute atomic E-state index is 12.0. The summed E-state index contributed by atoms with van der Waals surface area (Å²) in [6.07, 6.45) is 4.35. The molecule has 5 nitrogen and oxygen atoms in total. The summed E-state index contributed by atoms with van der Waals surface area (Å²) in [5, 5.41) is 16.6. The lowest BCUT2D eigenvalue weighted by molar-refractivity contribution is 0.0951. The van der Waals surface area contributed by atoms with Gasteiger partial charge in [0.2, 0.25) is 0 Å². The lowest BCUT2D eigenvalue weighted by Crippen LogP contribution is -2.25. The Balaban J connectivity index is 1.55. The van der Waals surface area contributed by atoms with Crippen molar-refractivity contribution in [3.05, 3.63) is 78.1 Å². The standard InChI is InChI=1S/C18H17N3O2/c22-17-5-2-1-4-16(17)18(23)19-12-10-14-6-8-15(9-7-14)21-13-3-11-20-21/h1-9,11,13,22H,10,12H2,(H,19,23). The molecule has 1 heterocycles. The molecule has 3 aromatic rings. The summed E-state index contributed by atoms with van der Waals surface area (Å²) in [7, 11) is 0. The van der Waals surface area contributed by atoms with E-state index in [0.717, 1.165) is 17.7 Å². The molecule has 1 amide bonds. The zero-order valence-corrected chi connectivity index (χ0v) is 12.5. The molecule has 1 aromatic heterocycles. The number of para-hydroxylation sites is 1. The largest absolute Gasteiger partial charge is 0.507 e. The van der Waals surface area contributed by atoms with Gasteiger partial charge in [0.15, 0.2) is 0 Å². The number of nitrogens with zero attached hydrogens (tertiary/aromatic N) is 2. The van der Waals surface area contributed by atoms with Gasteiger partial charge in [-0.05, 0) is 42.3 Å². The molecule has 0 saturated carbocycles. The van der Waals surface area contributed by atoms with E-state index in [4.69, 9.17) is 0 Å². The van der Waals surface area contributed by atoms with Crippen LogP contribution in [-0.4, -0.2) is 27.3 Å². The molecule has 0 atom stereocenters. The molecule has 2 N–H and O–H groups in total. The molecule has 116 valence electrons. The topological polar surface area (TPSA) is 67.2 Å². The fourth-order valence-electron chi connectivity index (χ4n) is 2.32. The van der Waals surface area contributed by atoms with Crippen LogP contribution in [0.15, 0.2) is 67.0 Å². The maximum atomic E-state index is 12.0. The minimum atomic E-state index is -0.267. The predicted octanol–water partition coefficient (Wildman–Crippen LogP) is 2.55. The van der Waals surface area contributed by atoms with Crippen molar-refractivity contribution in [2.45, 2.75) is 6.42 Å².